The molecule has 4 nitrogen and oxygen atoms in total. The highest BCUT2D eigenvalue weighted by Crippen LogP contribution is 2.40. The maximum Gasteiger partial charge on any atom is 0.327 e. The molecule has 0 spiro atoms. The number of hydrogen-bond donors (Lipinski definition) is 1. The van der Waals surface area contributed by atoms with Crippen molar-refractivity contribution >= 4 is 17.6 Å². The van der Waals surface area contributed by atoms with Gasteiger partial charge in [0.2, 0.25) is 0 Å². The molecule has 1 aromatic heterocycles. The number of pyridine rings is 1. The van der Waals surface area contributed by atoms with Crippen molar-refractivity contribution < 1.29 is 9.53 Å². The average molecular weight is 383 g/mol. The highest BCUT2D eigenvalue weighted by atomic mass is 35.5. The fourth-order valence-corrected chi connectivity index (χ4v) is 4.33. The van der Waals surface area contributed by atoms with Gasteiger partial charge in [-0.2, -0.15) is 0 Å². The second-order valence-corrected chi connectivity index (χ2v) is 7.44. The van der Waals surface area contributed by atoms with Crippen LogP contribution in [-0.2, 0) is 22.4 Å². The van der Waals surface area contributed by atoms with Gasteiger partial charge in [0.25, 0.3) is 0 Å². The zero-order chi connectivity index (χ0) is 18.8. The van der Waals surface area contributed by atoms with Crippen molar-refractivity contribution in [2.75, 3.05) is 13.2 Å². The van der Waals surface area contributed by atoms with E-state index < -0.39 is 6.04 Å². The van der Waals surface area contributed by atoms with Gasteiger partial charge in [0.15, 0.2) is 0 Å². The van der Waals surface area contributed by atoms with E-state index >= 15 is 0 Å². The number of nitrogens with one attached hydrogen (secondary N) is 1. The predicted octanol–water partition coefficient (Wildman–Crippen LogP) is 3.82. The maximum atomic E-state index is 12.3. The monoisotopic (exact) mass is 382 g/mol. The van der Waals surface area contributed by atoms with Gasteiger partial charge < -0.3 is 10.1 Å². The van der Waals surface area contributed by atoms with Crippen LogP contribution in [0.5, 0.6) is 0 Å². The standard InChI is InChI=1S/C22H23ClN2O2/c1-2-27-22(26)19-13-16(9-11-24-19)20-18-8-7-17(23)12-15(18)6-5-14-4-3-10-25-21(14)20/h3-4,7-8,10,12-13,19-20,24H,2,5-6,9,11H2,1H3. The Bertz CT molecular complexity index is 894. The van der Waals surface area contributed by atoms with Crippen molar-refractivity contribution in [1.82, 2.24) is 10.3 Å². The zero-order valence-corrected chi connectivity index (χ0v) is 16.1. The second-order valence-electron chi connectivity index (χ2n) is 7.00. The van der Waals surface area contributed by atoms with Gasteiger partial charge in [-0.05, 0) is 67.6 Å². The summed E-state index contributed by atoms with van der Waals surface area (Å²) >= 11 is 6.27. The zero-order valence-electron chi connectivity index (χ0n) is 15.4. The maximum absolute atomic E-state index is 12.3. The highest BCUT2D eigenvalue weighted by molar-refractivity contribution is 6.30. The molecule has 1 aliphatic heterocycles. The number of halogens is 1. The Balaban J connectivity index is 1.82. The van der Waals surface area contributed by atoms with Crippen molar-refractivity contribution in [3.05, 3.63) is 75.6 Å². The summed E-state index contributed by atoms with van der Waals surface area (Å²) in [4.78, 5) is 17.0. The topological polar surface area (TPSA) is 51.2 Å². The van der Waals surface area contributed by atoms with E-state index in [2.05, 4.69) is 23.5 Å². The summed E-state index contributed by atoms with van der Waals surface area (Å²) in [7, 11) is 0. The second kappa shape index (κ2) is 7.83. The molecule has 0 fully saturated rings. The van der Waals surface area contributed by atoms with Crippen molar-refractivity contribution in [2.24, 2.45) is 0 Å². The average Bonchev–Trinajstić information content (AvgIpc) is 2.85. The molecule has 1 N–H and O–H groups in total. The summed E-state index contributed by atoms with van der Waals surface area (Å²) in [5.74, 6) is -0.170. The fraction of sp³-hybridized carbons (Fsp3) is 0.364. The van der Waals surface area contributed by atoms with Gasteiger partial charge in [-0.3, -0.25) is 9.78 Å². The van der Waals surface area contributed by atoms with E-state index in [1.165, 1.54) is 22.3 Å². The summed E-state index contributed by atoms with van der Waals surface area (Å²) in [6, 6.07) is 9.89. The van der Waals surface area contributed by atoms with E-state index in [1.807, 2.05) is 31.3 Å². The van der Waals surface area contributed by atoms with Gasteiger partial charge in [-0.1, -0.05) is 35.4 Å². The molecule has 2 atom stereocenters. The molecule has 0 radical (unpaired) electrons. The van der Waals surface area contributed by atoms with Crippen LogP contribution in [0, 0.1) is 0 Å². The molecule has 0 bridgehead atoms. The first kappa shape index (κ1) is 18.2. The first-order chi connectivity index (χ1) is 13.2. The Morgan fingerprint density at radius 2 is 2.11 bits per heavy atom. The summed E-state index contributed by atoms with van der Waals surface area (Å²) in [5, 5.41) is 4.01. The first-order valence-electron chi connectivity index (χ1n) is 9.50. The molecule has 2 aliphatic rings. The van der Waals surface area contributed by atoms with Crippen molar-refractivity contribution in [1.29, 1.82) is 0 Å². The number of rotatable bonds is 3. The number of aryl methyl sites for hydroxylation is 2. The molecule has 27 heavy (non-hydrogen) atoms. The van der Waals surface area contributed by atoms with Gasteiger partial charge in [0.05, 0.1) is 12.3 Å². The van der Waals surface area contributed by atoms with Gasteiger partial charge >= 0.3 is 5.97 Å². The molecule has 1 aromatic carbocycles. The number of esters is 1. The van der Waals surface area contributed by atoms with Crippen LogP contribution in [0.25, 0.3) is 0 Å². The summed E-state index contributed by atoms with van der Waals surface area (Å²) in [5.41, 5.74) is 6.08. The lowest BCUT2D eigenvalue weighted by atomic mass is 9.82. The number of benzene rings is 1. The summed E-state index contributed by atoms with van der Waals surface area (Å²) in [6.45, 7) is 2.96. The smallest absolute Gasteiger partial charge is 0.327 e. The quantitative estimate of drug-likeness (QED) is 0.647. The van der Waals surface area contributed by atoms with Crippen LogP contribution in [0.2, 0.25) is 5.02 Å². The van der Waals surface area contributed by atoms with Crippen molar-refractivity contribution in [3.8, 4) is 0 Å². The molecular formula is C22H23ClN2O2. The number of aromatic nitrogens is 1. The number of fused-ring (bicyclic) bond motifs is 2. The molecular weight excluding hydrogens is 360 g/mol. The third-order valence-electron chi connectivity index (χ3n) is 5.35. The molecule has 0 saturated heterocycles. The molecule has 1 aliphatic carbocycles. The van der Waals surface area contributed by atoms with E-state index in [4.69, 9.17) is 21.3 Å². The van der Waals surface area contributed by atoms with Crippen molar-refractivity contribution in [2.45, 2.75) is 38.1 Å². The Morgan fingerprint density at radius 3 is 2.96 bits per heavy atom. The van der Waals surface area contributed by atoms with Crippen LogP contribution >= 0.6 is 11.6 Å². The molecule has 0 saturated carbocycles. The minimum atomic E-state index is -0.403. The summed E-state index contributed by atoms with van der Waals surface area (Å²) in [6.07, 6.45) is 6.65. The van der Waals surface area contributed by atoms with Crippen LogP contribution in [0.4, 0.5) is 0 Å². The molecule has 2 heterocycles. The summed E-state index contributed by atoms with van der Waals surface area (Å²) < 4.78 is 5.22. The van der Waals surface area contributed by atoms with Gasteiger partial charge in [-0.15, -0.1) is 0 Å². The predicted molar refractivity (Wildman–Crippen MR) is 106 cm³/mol. The van der Waals surface area contributed by atoms with Crippen LogP contribution < -0.4 is 5.32 Å². The van der Waals surface area contributed by atoms with Crippen LogP contribution in [0.3, 0.4) is 0 Å². The first-order valence-corrected chi connectivity index (χ1v) is 9.88. The highest BCUT2D eigenvalue weighted by Gasteiger charge is 2.31. The number of carbonyl (C=O) groups is 1. The van der Waals surface area contributed by atoms with Crippen LogP contribution in [-0.4, -0.2) is 30.1 Å². The van der Waals surface area contributed by atoms with Crippen molar-refractivity contribution in [3.63, 3.8) is 0 Å². The minimum Gasteiger partial charge on any atom is -0.465 e. The third kappa shape index (κ3) is 3.64. The molecule has 5 heteroatoms. The molecule has 2 unspecified atom stereocenters. The molecule has 2 aromatic rings. The molecule has 0 amide bonds. The van der Waals surface area contributed by atoms with E-state index in [9.17, 15) is 4.79 Å². The van der Waals surface area contributed by atoms with Gasteiger partial charge in [-0.25, -0.2) is 0 Å². The molecule has 140 valence electrons. The largest absolute Gasteiger partial charge is 0.465 e. The normalized spacial score (nSPS) is 21.5. The number of nitrogens with zero attached hydrogens (tertiary/aromatic N) is 1. The lowest BCUT2D eigenvalue weighted by Gasteiger charge is -2.28. The van der Waals surface area contributed by atoms with Gasteiger partial charge in [0.1, 0.15) is 6.04 Å². The Kier molecular flexibility index (Phi) is 5.28. The Labute approximate surface area is 164 Å². The minimum absolute atomic E-state index is 0.0509. The van der Waals surface area contributed by atoms with Gasteiger partial charge in [0, 0.05) is 17.1 Å². The lowest BCUT2D eigenvalue weighted by molar-refractivity contribution is -0.144. The number of carbonyl (C=O) groups excluding carboxylic acids is 1. The lowest BCUT2D eigenvalue weighted by Crippen LogP contribution is -2.40. The van der Waals surface area contributed by atoms with E-state index in [0.29, 0.717) is 6.61 Å². The van der Waals surface area contributed by atoms with E-state index in [-0.39, 0.29) is 11.9 Å². The fourth-order valence-electron chi connectivity index (χ4n) is 4.14. The number of hydrogen-bond acceptors (Lipinski definition) is 4. The Morgan fingerprint density at radius 1 is 1.26 bits per heavy atom. The molecule has 4 rings (SSSR count). The number of ether oxygens (including phenoxy) is 1. The van der Waals surface area contributed by atoms with E-state index in [1.54, 1.807) is 0 Å². The van der Waals surface area contributed by atoms with Crippen LogP contribution in [0.1, 0.15) is 41.6 Å². The van der Waals surface area contributed by atoms with E-state index in [0.717, 1.165) is 36.5 Å². The SMILES string of the molecule is CCOC(=O)C1C=C(C2c3ccc(Cl)cc3CCc3cccnc32)CCN1. The third-order valence-corrected chi connectivity index (χ3v) is 5.58. The van der Waals surface area contributed by atoms with Crippen LogP contribution in [0.15, 0.2) is 48.2 Å². The Hall–Kier alpha value is -2.17.